The second kappa shape index (κ2) is 7.45. The van der Waals surface area contributed by atoms with Crippen LogP contribution in [0.5, 0.6) is 0 Å². The predicted octanol–water partition coefficient (Wildman–Crippen LogP) is 2.01. The molecule has 2 aromatic carbocycles. The van der Waals surface area contributed by atoms with Crippen LogP contribution < -0.4 is 11.1 Å². The normalized spacial score (nSPS) is 10.3. The Morgan fingerprint density at radius 2 is 1.76 bits per heavy atom. The average Bonchev–Trinajstić information content (AvgIpc) is 2.51. The molecule has 0 unspecified atom stereocenters. The van der Waals surface area contributed by atoms with Gasteiger partial charge in [0.05, 0.1) is 6.61 Å². The molecular formula is C17H20N2O2. The van der Waals surface area contributed by atoms with Gasteiger partial charge in [0, 0.05) is 18.7 Å². The Morgan fingerprint density at radius 3 is 2.52 bits per heavy atom. The molecule has 2 aromatic rings. The molecule has 0 saturated heterocycles. The monoisotopic (exact) mass is 284 g/mol. The lowest BCUT2D eigenvalue weighted by Gasteiger charge is -2.07. The van der Waals surface area contributed by atoms with Crippen molar-refractivity contribution >= 4 is 11.6 Å². The van der Waals surface area contributed by atoms with Crippen LogP contribution in [0.15, 0.2) is 48.5 Å². The van der Waals surface area contributed by atoms with E-state index in [1.165, 1.54) is 0 Å². The van der Waals surface area contributed by atoms with E-state index in [2.05, 4.69) is 5.32 Å². The second-order valence-electron chi connectivity index (χ2n) is 5.00. The Bertz CT molecular complexity index is 611. The zero-order valence-electron chi connectivity index (χ0n) is 11.9. The molecule has 0 aliphatic rings. The van der Waals surface area contributed by atoms with Crippen LogP contribution in [0.25, 0.3) is 0 Å². The first-order valence-electron chi connectivity index (χ1n) is 6.97. The van der Waals surface area contributed by atoms with Gasteiger partial charge in [-0.3, -0.25) is 4.79 Å². The number of hydrogen-bond donors (Lipinski definition) is 3. The Morgan fingerprint density at radius 1 is 1.05 bits per heavy atom. The zero-order chi connectivity index (χ0) is 15.1. The minimum absolute atomic E-state index is 0.00632. The fourth-order valence-electron chi connectivity index (χ4n) is 2.13. The van der Waals surface area contributed by atoms with Gasteiger partial charge in [0.2, 0.25) is 5.91 Å². The Labute approximate surface area is 124 Å². The number of amides is 1. The van der Waals surface area contributed by atoms with Crippen molar-refractivity contribution in [3.8, 4) is 0 Å². The number of carbonyl (C=O) groups excluding carboxylic acids is 1. The highest BCUT2D eigenvalue weighted by atomic mass is 16.3. The number of nitrogens with two attached hydrogens (primary N) is 1. The third-order valence-electron chi connectivity index (χ3n) is 3.26. The van der Waals surface area contributed by atoms with E-state index in [1.54, 1.807) is 0 Å². The summed E-state index contributed by atoms with van der Waals surface area (Å²) in [5, 5.41) is 12.0. The summed E-state index contributed by atoms with van der Waals surface area (Å²) < 4.78 is 0. The standard InChI is InChI=1S/C17H20N2O2/c18-16-6-2-3-13(10-16)7-8-17(21)19-11-14-4-1-5-15(9-14)12-20/h1-6,9-10,20H,7-8,11-12,18H2,(H,19,21). The molecule has 0 fully saturated rings. The number of rotatable bonds is 6. The fourth-order valence-corrected chi connectivity index (χ4v) is 2.13. The first-order chi connectivity index (χ1) is 10.2. The minimum atomic E-state index is 0.00632. The van der Waals surface area contributed by atoms with E-state index >= 15 is 0 Å². The van der Waals surface area contributed by atoms with E-state index in [4.69, 9.17) is 10.8 Å². The van der Waals surface area contributed by atoms with Gasteiger partial charge in [0.15, 0.2) is 0 Å². The Kier molecular flexibility index (Phi) is 5.35. The van der Waals surface area contributed by atoms with E-state index in [-0.39, 0.29) is 12.5 Å². The molecule has 0 aliphatic carbocycles. The summed E-state index contributed by atoms with van der Waals surface area (Å²) in [6.45, 7) is 0.487. The van der Waals surface area contributed by atoms with Crippen molar-refractivity contribution in [1.29, 1.82) is 0 Å². The fraction of sp³-hybridized carbons (Fsp3) is 0.235. The van der Waals surface area contributed by atoms with Crippen LogP contribution >= 0.6 is 0 Å². The third-order valence-corrected chi connectivity index (χ3v) is 3.26. The van der Waals surface area contributed by atoms with E-state index in [9.17, 15) is 4.79 Å². The van der Waals surface area contributed by atoms with Gasteiger partial charge >= 0.3 is 0 Å². The largest absolute Gasteiger partial charge is 0.399 e. The topological polar surface area (TPSA) is 75.4 Å². The molecule has 0 saturated carbocycles. The number of nitrogens with one attached hydrogen (secondary N) is 1. The molecule has 0 heterocycles. The van der Waals surface area contributed by atoms with Crippen molar-refractivity contribution < 1.29 is 9.90 Å². The van der Waals surface area contributed by atoms with Crippen molar-refractivity contribution in [2.45, 2.75) is 26.0 Å². The van der Waals surface area contributed by atoms with Gasteiger partial charge in [0.1, 0.15) is 0 Å². The molecule has 4 nitrogen and oxygen atoms in total. The van der Waals surface area contributed by atoms with Gasteiger partial charge in [-0.25, -0.2) is 0 Å². The van der Waals surface area contributed by atoms with Gasteiger partial charge in [0.25, 0.3) is 0 Å². The first-order valence-corrected chi connectivity index (χ1v) is 6.97. The molecule has 0 aliphatic heterocycles. The van der Waals surface area contributed by atoms with Crippen LogP contribution in [-0.2, 0) is 24.4 Å². The van der Waals surface area contributed by atoms with Crippen molar-refractivity contribution in [2.24, 2.45) is 0 Å². The Hall–Kier alpha value is -2.33. The SMILES string of the molecule is Nc1cccc(CCC(=O)NCc2cccc(CO)c2)c1. The highest BCUT2D eigenvalue weighted by Crippen LogP contribution is 2.09. The molecule has 0 aromatic heterocycles. The van der Waals surface area contributed by atoms with E-state index in [0.717, 1.165) is 16.7 Å². The molecule has 0 atom stereocenters. The van der Waals surface area contributed by atoms with Gasteiger partial charge < -0.3 is 16.2 Å². The van der Waals surface area contributed by atoms with Gasteiger partial charge in [-0.05, 0) is 35.2 Å². The molecule has 1 amide bonds. The van der Waals surface area contributed by atoms with Crippen LogP contribution in [0, 0.1) is 0 Å². The first kappa shape index (κ1) is 15.1. The average molecular weight is 284 g/mol. The van der Waals surface area contributed by atoms with E-state index < -0.39 is 0 Å². The van der Waals surface area contributed by atoms with Gasteiger partial charge in [-0.15, -0.1) is 0 Å². The van der Waals surface area contributed by atoms with Crippen LogP contribution in [-0.4, -0.2) is 11.0 Å². The van der Waals surface area contributed by atoms with Crippen molar-refractivity contribution in [3.05, 3.63) is 65.2 Å². The highest BCUT2D eigenvalue weighted by Gasteiger charge is 2.03. The molecule has 110 valence electrons. The smallest absolute Gasteiger partial charge is 0.220 e. The lowest BCUT2D eigenvalue weighted by atomic mass is 10.1. The molecule has 2 rings (SSSR count). The molecule has 4 heteroatoms. The lowest BCUT2D eigenvalue weighted by Crippen LogP contribution is -2.23. The highest BCUT2D eigenvalue weighted by molar-refractivity contribution is 5.76. The molecule has 21 heavy (non-hydrogen) atoms. The van der Waals surface area contributed by atoms with Crippen molar-refractivity contribution in [2.75, 3.05) is 5.73 Å². The third kappa shape index (κ3) is 4.93. The maximum absolute atomic E-state index is 11.8. The number of aliphatic hydroxyl groups is 1. The second-order valence-corrected chi connectivity index (χ2v) is 5.00. The predicted molar refractivity (Wildman–Crippen MR) is 83.4 cm³/mol. The summed E-state index contributed by atoms with van der Waals surface area (Å²) in [5.74, 6) is 0.00632. The van der Waals surface area contributed by atoms with Crippen LogP contribution in [0.4, 0.5) is 5.69 Å². The van der Waals surface area contributed by atoms with E-state index in [1.807, 2.05) is 48.5 Å². The number of hydrogen-bond acceptors (Lipinski definition) is 3. The number of anilines is 1. The number of nitrogen functional groups attached to an aromatic ring is 1. The molecule has 0 bridgehead atoms. The van der Waals surface area contributed by atoms with Gasteiger partial charge in [-0.1, -0.05) is 36.4 Å². The maximum Gasteiger partial charge on any atom is 0.220 e. The van der Waals surface area contributed by atoms with Crippen LogP contribution in [0.3, 0.4) is 0 Å². The number of benzene rings is 2. The maximum atomic E-state index is 11.8. The quantitative estimate of drug-likeness (QED) is 0.710. The summed E-state index contributed by atoms with van der Waals surface area (Å²) in [6, 6.07) is 15.1. The van der Waals surface area contributed by atoms with Crippen molar-refractivity contribution in [3.63, 3.8) is 0 Å². The van der Waals surface area contributed by atoms with Gasteiger partial charge in [-0.2, -0.15) is 0 Å². The van der Waals surface area contributed by atoms with E-state index in [0.29, 0.717) is 25.1 Å². The van der Waals surface area contributed by atoms with Crippen molar-refractivity contribution in [1.82, 2.24) is 5.32 Å². The molecule has 4 N–H and O–H groups in total. The summed E-state index contributed by atoms with van der Waals surface area (Å²) in [6.07, 6.45) is 1.11. The zero-order valence-corrected chi connectivity index (χ0v) is 11.9. The summed E-state index contributed by atoms with van der Waals surface area (Å²) in [5.41, 5.74) is 9.32. The summed E-state index contributed by atoms with van der Waals surface area (Å²) in [4.78, 5) is 11.8. The molecule has 0 radical (unpaired) electrons. The molecule has 0 spiro atoms. The number of aryl methyl sites for hydroxylation is 1. The number of carbonyl (C=O) groups is 1. The molecular weight excluding hydrogens is 264 g/mol. The minimum Gasteiger partial charge on any atom is -0.399 e. The summed E-state index contributed by atoms with van der Waals surface area (Å²) in [7, 11) is 0. The number of aliphatic hydroxyl groups excluding tert-OH is 1. The van der Waals surface area contributed by atoms with Crippen LogP contribution in [0.2, 0.25) is 0 Å². The Balaban J connectivity index is 1.79. The van der Waals surface area contributed by atoms with Crippen LogP contribution in [0.1, 0.15) is 23.1 Å². The summed E-state index contributed by atoms with van der Waals surface area (Å²) >= 11 is 0. The lowest BCUT2D eigenvalue weighted by molar-refractivity contribution is -0.121.